The Kier molecular flexibility index (Phi) is 4.02. The number of aryl methyl sites for hydroxylation is 1. The van der Waals surface area contributed by atoms with Gasteiger partial charge < -0.3 is 4.90 Å². The summed E-state index contributed by atoms with van der Waals surface area (Å²) < 4.78 is 14.0. The fourth-order valence-corrected chi connectivity index (χ4v) is 2.56. The minimum atomic E-state index is -0.197. The van der Waals surface area contributed by atoms with Crippen LogP contribution in [0.5, 0.6) is 0 Å². The summed E-state index contributed by atoms with van der Waals surface area (Å²) in [7, 11) is 1.90. The van der Waals surface area contributed by atoms with Crippen molar-refractivity contribution in [1.82, 2.24) is 0 Å². The van der Waals surface area contributed by atoms with E-state index in [1.165, 1.54) is 6.07 Å². The zero-order valence-corrected chi connectivity index (χ0v) is 12.0. The Bertz CT molecular complexity index is 554. The van der Waals surface area contributed by atoms with Gasteiger partial charge in [-0.1, -0.05) is 46.3 Å². The van der Waals surface area contributed by atoms with Gasteiger partial charge in [0.1, 0.15) is 5.82 Å². The fraction of sp³-hybridized carbons (Fsp3) is 0.200. The second-order valence-corrected chi connectivity index (χ2v) is 4.79. The summed E-state index contributed by atoms with van der Waals surface area (Å²) in [5, 5.41) is 0.635. The summed E-state index contributed by atoms with van der Waals surface area (Å²) in [6, 6.07) is 13.1. The van der Waals surface area contributed by atoms with Gasteiger partial charge in [0.2, 0.25) is 0 Å². The van der Waals surface area contributed by atoms with Crippen LogP contribution in [0.4, 0.5) is 15.8 Å². The Morgan fingerprint density at radius 2 is 1.83 bits per heavy atom. The van der Waals surface area contributed by atoms with Gasteiger partial charge in [0.15, 0.2) is 0 Å². The van der Waals surface area contributed by atoms with Gasteiger partial charge in [-0.3, -0.25) is 0 Å². The van der Waals surface area contributed by atoms with Crippen molar-refractivity contribution in [1.29, 1.82) is 0 Å². The van der Waals surface area contributed by atoms with Gasteiger partial charge in [0.25, 0.3) is 0 Å². The number of hydrogen-bond donors (Lipinski definition) is 0. The standard InChI is InChI=1S/C15H15BrFN/c1-11-6-3-4-9-14(11)18(2)15-12(10-16)7-5-8-13(15)17/h3-9H,10H2,1-2H3. The predicted octanol–water partition coefficient (Wildman–Crippen LogP) is 4.80. The first kappa shape index (κ1) is 13.1. The van der Waals surface area contributed by atoms with Crippen LogP contribution in [0, 0.1) is 12.7 Å². The summed E-state index contributed by atoms with van der Waals surface area (Å²) in [6.07, 6.45) is 0. The molecule has 0 N–H and O–H groups in total. The van der Waals surface area contributed by atoms with Crippen molar-refractivity contribution in [3.8, 4) is 0 Å². The molecule has 0 atom stereocenters. The fourth-order valence-electron chi connectivity index (χ4n) is 2.10. The van der Waals surface area contributed by atoms with Gasteiger partial charge in [-0.15, -0.1) is 0 Å². The Morgan fingerprint density at radius 1 is 1.11 bits per heavy atom. The first-order valence-electron chi connectivity index (χ1n) is 5.78. The van der Waals surface area contributed by atoms with Crippen molar-refractivity contribution in [2.24, 2.45) is 0 Å². The monoisotopic (exact) mass is 307 g/mol. The smallest absolute Gasteiger partial charge is 0.147 e. The van der Waals surface area contributed by atoms with Gasteiger partial charge >= 0.3 is 0 Å². The summed E-state index contributed by atoms with van der Waals surface area (Å²) >= 11 is 3.41. The molecule has 0 saturated carbocycles. The molecule has 0 spiro atoms. The number of nitrogens with zero attached hydrogens (tertiary/aromatic N) is 1. The zero-order valence-electron chi connectivity index (χ0n) is 10.5. The van der Waals surface area contributed by atoms with Crippen LogP contribution in [0.1, 0.15) is 11.1 Å². The van der Waals surface area contributed by atoms with E-state index < -0.39 is 0 Å². The quantitative estimate of drug-likeness (QED) is 0.736. The Labute approximate surface area is 115 Å². The van der Waals surface area contributed by atoms with E-state index in [9.17, 15) is 4.39 Å². The van der Waals surface area contributed by atoms with Crippen LogP contribution in [-0.4, -0.2) is 7.05 Å². The summed E-state index contributed by atoms with van der Waals surface area (Å²) in [5.41, 5.74) is 3.72. The predicted molar refractivity (Wildman–Crippen MR) is 78.3 cm³/mol. The number of hydrogen-bond acceptors (Lipinski definition) is 1. The maximum atomic E-state index is 14.0. The number of para-hydroxylation sites is 2. The SMILES string of the molecule is Cc1ccccc1N(C)c1c(F)cccc1CBr. The van der Waals surface area contributed by atoms with Crippen molar-refractivity contribution in [2.45, 2.75) is 12.3 Å². The minimum absolute atomic E-state index is 0.197. The van der Waals surface area contributed by atoms with Gasteiger partial charge in [-0.25, -0.2) is 4.39 Å². The third-order valence-electron chi connectivity index (χ3n) is 3.03. The molecule has 0 aliphatic heterocycles. The van der Waals surface area contributed by atoms with Gasteiger partial charge in [0.05, 0.1) is 5.69 Å². The Hall–Kier alpha value is -1.35. The van der Waals surface area contributed by atoms with Crippen LogP contribution in [0.15, 0.2) is 42.5 Å². The average Bonchev–Trinajstić information content (AvgIpc) is 2.38. The Balaban J connectivity index is 2.52. The largest absolute Gasteiger partial charge is 0.342 e. The van der Waals surface area contributed by atoms with Crippen molar-refractivity contribution in [2.75, 3.05) is 11.9 Å². The van der Waals surface area contributed by atoms with Crippen LogP contribution >= 0.6 is 15.9 Å². The first-order chi connectivity index (χ1) is 8.65. The molecule has 2 aromatic rings. The van der Waals surface area contributed by atoms with E-state index in [1.54, 1.807) is 6.07 Å². The van der Waals surface area contributed by atoms with Crippen LogP contribution in [0.2, 0.25) is 0 Å². The highest BCUT2D eigenvalue weighted by atomic mass is 79.9. The number of anilines is 2. The van der Waals surface area contributed by atoms with E-state index in [-0.39, 0.29) is 5.82 Å². The molecule has 0 bridgehead atoms. The normalized spacial score (nSPS) is 10.4. The van der Waals surface area contributed by atoms with E-state index in [4.69, 9.17) is 0 Å². The molecule has 0 radical (unpaired) electrons. The highest BCUT2D eigenvalue weighted by molar-refractivity contribution is 9.08. The molecule has 0 aromatic heterocycles. The summed E-state index contributed by atoms with van der Waals surface area (Å²) in [4.78, 5) is 1.90. The molecule has 18 heavy (non-hydrogen) atoms. The van der Waals surface area contributed by atoms with E-state index >= 15 is 0 Å². The molecule has 0 fully saturated rings. The third-order valence-corrected chi connectivity index (χ3v) is 3.63. The van der Waals surface area contributed by atoms with Gasteiger partial charge in [-0.2, -0.15) is 0 Å². The van der Waals surface area contributed by atoms with Gasteiger partial charge in [0, 0.05) is 18.1 Å². The Morgan fingerprint density at radius 3 is 2.50 bits per heavy atom. The lowest BCUT2D eigenvalue weighted by Crippen LogP contribution is -2.14. The second-order valence-electron chi connectivity index (χ2n) is 4.23. The highest BCUT2D eigenvalue weighted by Crippen LogP contribution is 2.32. The topological polar surface area (TPSA) is 3.24 Å². The highest BCUT2D eigenvalue weighted by Gasteiger charge is 2.14. The molecule has 2 rings (SSSR count). The van der Waals surface area contributed by atoms with E-state index in [2.05, 4.69) is 15.9 Å². The molecule has 0 unspecified atom stereocenters. The maximum Gasteiger partial charge on any atom is 0.147 e. The van der Waals surface area contributed by atoms with Crippen molar-refractivity contribution in [3.05, 3.63) is 59.4 Å². The van der Waals surface area contributed by atoms with Crippen molar-refractivity contribution < 1.29 is 4.39 Å². The minimum Gasteiger partial charge on any atom is -0.342 e. The van der Waals surface area contributed by atoms with E-state index in [0.717, 1.165) is 16.8 Å². The lowest BCUT2D eigenvalue weighted by Gasteiger charge is -2.24. The van der Waals surface area contributed by atoms with Crippen LogP contribution in [0.25, 0.3) is 0 Å². The zero-order chi connectivity index (χ0) is 13.1. The molecule has 0 heterocycles. The average molecular weight is 308 g/mol. The van der Waals surface area contributed by atoms with E-state index in [1.807, 2.05) is 49.2 Å². The number of alkyl halides is 1. The number of rotatable bonds is 3. The number of benzene rings is 2. The van der Waals surface area contributed by atoms with Crippen molar-refractivity contribution in [3.63, 3.8) is 0 Å². The molecule has 94 valence electrons. The van der Waals surface area contributed by atoms with Crippen LogP contribution < -0.4 is 4.90 Å². The maximum absolute atomic E-state index is 14.0. The van der Waals surface area contributed by atoms with E-state index in [0.29, 0.717) is 11.0 Å². The number of halogens is 2. The van der Waals surface area contributed by atoms with Crippen LogP contribution in [-0.2, 0) is 5.33 Å². The van der Waals surface area contributed by atoms with Gasteiger partial charge in [-0.05, 0) is 30.2 Å². The molecule has 0 aliphatic carbocycles. The molecular formula is C15H15BrFN. The molecular weight excluding hydrogens is 293 g/mol. The molecule has 2 aromatic carbocycles. The van der Waals surface area contributed by atoms with Crippen LogP contribution in [0.3, 0.4) is 0 Å². The molecule has 1 nitrogen and oxygen atoms in total. The molecule has 0 amide bonds. The first-order valence-corrected chi connectivity index (χ1v) is 6.90. The summed E-state index contributed by atoms with van der Waals surface area (Å²) in [5.74, 6) is -0.197. The molecule has 0 aliphatic rings. The second kappa shape index (κ2) is 5.53. The summed E-state index contributed by atoms with van der Waals surface area (Å²) in [6.45, 7) is 2.03. The third kappa shape index (κ3) is 2.41. The lowest BCUT2D eigenvalue weighted by molar-refractivity contribution is 0.626. The molecule has 3 heteroatoms. The lowest BCUT2D eigenvalue weighted by atomic mass is 10.1. The van der Waals surface area contributed by atoms with Crippen molar-refractivity contribution >= 4 is 27.3 Å². The molecule has 0 saturated heterocycles.